The number of ether oxygens (including phenoxy) is 1. The van der Waals surface area contributed by atoms with Gasteiger partial charge in [-0.25, -0.2) is 0 Å². The number of hydrogen-bond acceptors (Lipinski definition) is 5. The zero-order chi connectivity index (χ0) is 15.1. The highest BCUT2D eigenvalue weighted by Gasteiger charge is 2.08. The van der Waals surface area contributed by atoms with E-state index >= 15 is 0 Å². The van der Waals surface area contributed by atoms with Crippen LogP contribution in [0.25, 0.3) is 0 Å². The molecule has 5 heteroatoms. The first-order chi connectivity index (χ1) is 10.2. The Hall–Kier alpha value is -1.85. The molecular weight excluding hydrogens is 266 g/mol. The van der Waals surface area contributed by atoms with Crippen molar-refractivity contribution in [1.29, 1.82) is 0 Å². The minimum atomic E-state index is 0.741. The van der Waals surface area contributed by atoms with Gasteiger partial charge < -0.3 is 14.6 Å². The van der Waals surface area contributed by atoms with Gasteiger partial charge in [0.05, 0.1) is 19.3 Å². The lowest BCUT2D eigenvalue weighted by Crippen LogP contribution is -2.16. The molecule has 0 saturated carbocycles. The van der Waals surface area contributed by atoms with Crippen molar-refractivity contribution in [3.05, 3.63) is 47.3 Å². The summed E-state index contributed by atoms with van der Waals surface area (Å²) in [5.41, 5.74) is 2.19. The van der Waals surface area contributed by atoms with Gasteiger partial charge in [-0.3, -0.25) is 4.90 Å². The second-order valence-electron chi connectivity index (χ2n) is 5.09. The van der Waals surface area contributed by atoms with Crippen molar-refractivity contribution in [2.24, 2.45) is 0 Å². The Morgan fingerprint density at radius 3 is 2.67 bits per heavy atom. The van der Waals surface area contributed by atoms with Crippen LogP contribution in [-0.2, 0) is 19.6 Å². The molecule has 0 atom stereocenters. The van der Waals surface area contributed by atoms with E-state index in [1.807, 2.05) is 18.2 Å². The minimum Gasteiger partial charge on any atom is -0.497 e. The van der Waals surface area contributed by atoms with Gasteiger partial charge in [0.2, 0.25) is 0 Å². The van der Waals surface area contributed by atoms with Crippen molar-refractivity contribution in [2.45, 2.75) is 26.6 Å². The summed E-state index contributed by atoms with van der Waals surface area (Å²) in [6, 6.07) is 10.1. The van der Waals surface area contributed by atoms with Gasteiger partial charge in [-0.1, -0.05) is 24.2 Å². The Labute approximate surface area is 125 Å². The van der Waals surface area contributed by atoms with E-state index < -0.39 is 0 Å². The largest absolute Gasteiger partial charge is 0.497 e. The third-order valence-corrected chi connectivity index (χ3v) is 3.20. The maximum Gasteiger partial charge on any atom is 0.151 e. The van der Waals surface area contributed by atoms with E-state index in [2.05, 4.69) is 41.5 Å². The van der Waals surface area contributed by atoms with Crippen LogP contribution < -0.4 is 10.1 Å². The maximum absolute atomic E-state index is 5.35. The molecular formula is C16H23N3O2. The molecule has 0 aliphatic rings. The average Bonchev–Trinajstić information content (AvgIpc) is 2.93. The van der Waals surface area contributed by atoms with Crippen LogP contribution in [0.4, 0.5) is 0 Å². The summed E-state index contributed by atoms with van der Waals surface area (Å²) in [7, 11) is 3.74. The Morgan fingerprint density at radius 1 is 1.24 bits per heavy atom. The van der Waals surface area contributed by atoms with Gasteiger partial charge in [0, 0.05) is 19.2 Å². The lowest BCUT2D eigenvalue weighted by Gasteiger charge is -2.14. The molecule has 0 saturated heterocycles. The molecule has 0 amide bonds. The third kappa shape index (κ3) is 4.88. The van der Waals surface area contributed by atoms with Gasteiger partial charge in [-0.05, 0) is 31.3 Å². The highest BCUT2D eigenvalue weighted by molar-refractivity contribution is 5.27. The number of methoxy groups -OCH3 is 1. The van der Waals surface area contributed by atoms with Crippen molar-refractivity contribution in [1.82, 2.24) is 15.4 Å². The maximum atomic E-state index is 5.35. The van der Waals surface area contributed by atoms with E-state index in [1.54, 1.807) is 7.11 Å². The lowest BCUT2D eigenvalue weighted by molar-refractivity contribution is 0.265. The molecule has 0 aliphatic carbocycles. The van der Waals surface area contributed by atoms with Gasteiger partial charge in [-0.15, -0.1) is 0 Å². The summed E-state index contributed by atoms with van der Waals surface area (Å²) in [6.07, 6.45) is 0. The van der Waals surface area contributed by atoms with E-state index in [1.165, 1.54) is 5.56 Å². The van der Waals surface area contributed by atoms with Crippen LogP contribution in [0.5, 0.6) is 5.75 Å². The van der Waals surface area contributed by atoms with E-state index in [0.717, 1.165) is 43.4 Å². The Morgan fingerprint density at radius 2 is 2.00 bits per heavy atom. The number of rotatable bonds is 8. The number of nitrogens with zero attached hydrogens (tertiary/aromatic N) is 2. The number of hydrogen-bond donors (Lipinski definition) is 1. The summed E-state index contributed by atoms with van der Waals surface area (Å²) < 4.78 is 10.5. The molecule has 0 radical (unpaired) electrons. The minimum absolute atomic E-state index is 0.741. The van der Waals surface area contributed by atoms with Gasteiger partial charge in [0.15, 0.2) is 5.76 Å². The van der Waals surface area contributed by atoms with Crippen molar-refractivity contribution >= 4 is 0 Å². The van der Waals surface area contributed by atoms with Crippen molar-refractivity contribution < 1.29 is 9.26 Å². The summed E-state index contributed by atoms with van der Waals surface area (Å²) in [6.45, 7) is 5.35. The molecule has 1 heterocycles. The Balaban J connectivity index is 1.85. The van der Waals surface area contributed by atoms with Crippen LogP contribution in [0.15, 0.2) is 34.9 Å². The predicted octanol–water partition coefficient (Wildman–Crippen LogP) is 2.42. The lowest BCUT2D eigenvalue weighted by atomic mass is 10.2. The second-order valence-corrected chi connectivity index (χ2v) is 5.09. The second kappa shape index (κ2) is 7.81. The standard InChI is InChI=1S/C16H23N3O2/c1-4-17-10-14-9-16(21-18-14)12-19(2)11-13-5-7-15(20-3)8-6-13/h5-9,17H,4,10-12H2,1-3H3. The first-order valence-corrected chi connectivity index (χ1v) is 7.18. The summed E-state index contributed by atoms with van der Waals surface area (Å²) in [4.78, 5) is 2.19. The molecule has 2 rings (SSSR count). The summed E-state index contributed by atoms with van der Waals surface area (Å²) in [5.74, 6) is 1.77. The predicted molar refractivity (Wildman–Crippen MR) is 82.0 cm³/mol. The van der Waals surface area contributed by atoms with Gasteiger partial charge in [0.25, 0.3) is 0 Å². The smallest absolute Gasteiger partial charge is 0.151 e. The molecule has 0 spiro atoms. The zero-order valence-corrected chi connectivity index (χ0v) is 12.9. The Bertz CT molecular complexity index is 537. The molecule has 0 unspecified atom stereocenters. The molecule has 5 nitrogen and oxygen atoms in total. The van der Waals surface area contributed by atoms with Crippen molar-refractivity contribution in [3.63, 3.8) is 0 Å². The molecule has 1 aromatic heterocycles. The summed E-state index contributed by atoms with van der Waals surface area (Å²) >= 11 is 0. The fraction of sp³-hybridized carbons (Fsp3) is 0.438. The normalized spacial score (nSPS) is 11.0. The zero-order valence-electron chi connectivity index (χ0n) is 12.9. The molecule has 1 aromatic carbocycles. The van der Waals surface area contributed by atoms with Gasteiger partial charge >= 0.3 is 0 Å². The first-order valence-electron chi connectivity index (χ1n) is 7.18. The quantitative estimate of drug-likeness (QED) is 0.809. The monoisotopic (exact) mass is 289 g/mol. The third-order valence-electron chi connectivity index (χ3n) is 3.20. The van der Waals surface area contributed by atoms with Crippen molar-refractivity contribution in [2.75, 3.05) is 20.7 Å². The van der Waals surface area contributed by atoms with Crippen LogP contribution in [0.2, 0.25) is 0 Å². The summed E-state index contributed by atoms with van der Waals surface area (Å²) in [5, 5.41) is 7.29. The van der Waals surface area contributed by atoms with E-state index in [-0.39, 0.29) is 0 Å². The molecule has 1 N–H and O–H groups in total. The highest BCUT2D eigenvalue weighted by Crippen LogP contribution is 2.14. The van der Waals surface area contributed by atoms with Crippen molar-refractivity contribution in [3.8, 4) is 5.75 Å². The molecule has 21 heavy (non-hydrogen) atoms. The van der Waals surface area contributed by atoms with Crippen LogP contribution in [0.3, 0.4) is 0 Å². The number of nitrogens with one attached hydrogen (secondary N) is 1. The van der Waals surface area contributed by atoms with E-state index in [9.17, 15) is 0 Å². The molecule has 0 fully saturated rings. The molecule has 0 bridgehead atoms. The highest BCUT2D eigenvalue weighted by atomic mass is 16.5. The average molecular weight is 289 g/mol. The SMILES string of the molecule is CCNCc1cc(CN(C)Cc2ccc(OC)cc2)on1. The fourth-order valence-electron chi connectivity index (χ4n) is 2.13. The Kier molecular flexibility index (Phi) is 5.78. The van der Waals surface area contributed by atoms with Crippen LogP contribution >= 0.6 is 0 Å². The van der Waals surface area contributed by atoms with Crippen LogP contribution in [-0.4, -0.2) is 30.8 Å². The molecule has 114 valence electrons. The van der Waals surface area contributed by atoms with E-state index in [4.69, 9.17) is 9.26 Å². The van der Waals surface area contributed by atoms with Crippen LogP contribution in [0.1, 0.15) is 23.9 Å². The number of aromatic nitrogens is 1. The van der Waals surface area contributed by atoms with Gasteiger partial charge in [0.1, 0.15) is 5.75 Å². The van der Waals surface area contributed by atoms with E-state index in [0.29, 0.717) is 0 Å². The van der Waals surface area contributed by atoms with Gasteiger partial charge in [-0.2, -0.15) is 0 Å². The molecule has 2 aromatic rings. The molecule has 0 aliphatic heterocycles. The fourth-order valence-corrected chi connectivity index (χ4v) is 2.13. The topological polar surface area (TPSA) is 50.5 Å². The first kappa shape index (κ1) is 15.5. The van der Waals surface area contributed by atoms with Crippen LogP contribution in [0, 0.1) is 0 Å². The number of benzene rings is 1.